The standard InChI is InChI=1S/C51H30N4O2/c1-3-13-31(14-4-1)33-17-11-18-35(27-33)50-52-49(32-15-5-2-6-16-32)53-51(54-50)38-20-12-24-45-47(38)40-28-34(25-26-43(40)56-45)36-29-39-37-19-7-8-21-41(37)55-42-22-9-10-23-44(42)57-46(30-36)48(39)55/h1-30H. The van der Waals surface area contributed by atoms with Crippen LogP contribution >= 0.6 is 0 Å². The molecule has 0 saturated carbocycles. The molecule has 0 unspecified atom stereocenters. The van der Waals surface area contributed by atoms with E-state index in [1.807, 2.05) is 60.7 Å². The van der Waals surface area contributed by atoms with E-state index in [9.17, 15) is 0 Å². The molecular weight excluding hydrogens is 701 g/mol. The zero-order valence-electron chi connectivity index (χ0n) is 30.4. The van der Waals surface area contributed by atoms with Crippen molar-refractivity contribution in [2.45, 2.75) is 0 Å². The summed E-state index contributed by atoms with van der Waals surface area (Å²) in [7, 11) is 0. The summed E-state index contributed by atoms with van der Waals surface area (Å²) in [6.07, 6.45) is 0. The summed E-state index contributed by atoms with van der Waals surface area (Å²) < 4.78 is 15.5. The Labute approximate surface area is 326 Å². The van der Waals surface area contributed by atoms with Gasteiger partial charge in [0.25, 0.3) is 0 Å². The Bertz CT molecular complexity index is 3380. The molecule has 11 aromatic rings. The fourth-order valence-corrected chi connectivity index (χ4v) is 8.40. The van der Waals surface area contributed by atoms with Gasteiger partial charge < -0.3 is 13.7 Å². The Balaban J connectivity index is 1.05. The monoisotopic (exact) mass is 730 g/mol. The predicted molar refractivity (Wildman–Crippen MR) is 229 cm³/mol. The van der Waals surface area contributed by atoms with Crippen molar-refractivity contribution in [1.82, 2.24) is 19.5 Å². The lowest BCUT2D eigenvalue weighted by atomic mass is 9.98. The fraction of sp³-hybridized carbons (Fsp3) is 0. The summed E-state index contributed by atoms with van der Waals surface area (Å²) in [5.74, 6) is 3.45. The van der Waals surface area contributed by atoms with E-state index in [2.05, 4.69) is 126 Å². The van der Waals surface area contributed by atoms with Crippen molar-refractivity contribution in [3.8, 4) is 73.6 Å². The maximum absolute atomic E-state index is 6.63. The highest BCUT2D eigenvalue weighted by Gasteiger charge is 2.25. The van der Waals surface area contributed by atoms with Crippen LogP contribution in [0.25, 0.3) is 106 Å². The molecule has 0 amide bonds. The minimum Gasteiger partial charge on any atom is -0.456 e. The van der Waals surface area contributed by atoms with Crippen LogP contribution in [0.3, 0.4) is 0 Å². The molecule has 0 spiro atoms. The molecule has 0 radical (unpaired) electrons. The van der Waals surface area contributed by atoms with Crippen molar-refractivity contribution in [1.29, 1.82) is 0 Å². The van der Waals surface area contributed by atoms with Gasteiger partial charge in [0, 0.05) is 38.2 Å². The molecule has 1 aliphatic heterocycles. The normalized spacial score (nSPS) is 12.0. The summed E-state index contributed by atoms with van der Waals surface area (Å²) in [4.78, 5) is 15.4. The number of fused-ring (bicyclic) bond motifs is 8. The molecule has 0 atom stereocenters. The molecule has 266 valence electrons. The Kier molecular flexibility index (Phi) is 6.83. The van der Waals surface area contributed by atoms with Gasteiger partial charge in [0.05, 0.1) is 16.7 Å². The van der Waals surface area contributed by atoms with Crippen LogP contribution in [0.15, 0.2) is 186 Å². The number of nitrogens with zero attached hydrogens (tertiary/aromatic N) is 4. The summed E-state index contributed by atoms with van der Waals surface area (Å²) in [5, 5.41) is 4.26. The predicted octanol–water partition coefficient (Wildman–Crippen LogP) is 13.3. The van der Waals surface area contributed by atoms with Crippen LogP contribution < -0.4 is 4.74 Å². The summed E-state index contributed by atoms with van der Waals surface area (Å²) >= 11 is 0. The maximum Gasteiger partial charge on any atom is 0.164 e. The van der Waals surface area contributed by atoms with Gasteiger partial charge in [-0.25, -0.2) is 15.0 Å². The molecule has 0 saturated heterocycles. The van der Waals surface area contributed by atoms with Gasteiger partial charge in [-0.1, -0.05) is 127 Å². The molecule has 0 aliphatic carbocycles. The molecule has 0 N–H and O–H groups in total. The Hall–Kier alpha value is -7.83. The molecule has 8 aromatic carbocycles. The lowest BCUT2D eigenvalue weighted by Crippen LogP contribution is -2.03. The van der Waals surface area contributed by atoms with Gasteiger partial charge in [-0.15, -0.1) is 0 Å². The third-order valence-electron chi connectivity index (χ3n) is 11.0. The van der Waals surface area contributed by atoms with Gasteiger partial charge in [-0.2, -0.15) is 0 Å². The van der Waals surface area contributed by atoms with Gasteiger partial charge >= 0.3 is 0 Å². The summed E-state index contributed by atoms with van der Waals surface area (Å²) in [6.45, 7) is 0. The number of rotatable bonds is 5. The number of ether oxygens (including phenoxy) is 1. The van der Waals surface area contributed by atoms with Gasteiger partial charge in [0.2, 0.25) is 0 Å². The molecule has 12 rings (SSSR count). The number of hydrogen-bond acceptors (Lipinski definition) is 5. The SMILES string of the molecule is c1ccc(-c2cccc(-c3nc(-c4ccccc4)nc(-c4cccc5oc6ccc(-c7cc8c9c(c7)c7ccccc7n9-c7ccccc7O8)cc6c45)n3)c2)cc1. The largest absolute Gasteiger partial charge is 0.456 e. The summed E-state index contributed by atoms with van der Waals surface area (Å²) in [5.41, 5.74) is 11.9. The summed E-state index contributed by atoms with van der Waals surface area (Å²) in [6, 6.07) is 62.6. The fourth-order valence-electron chi connectivity index (χ4n) is 8.40. The average Bonchev–Trinajstić information content (AvgIpc) is 3.83. The molecule has 6 heteroatoms. The van der Waals surface area contributed by atoms with E-state index in [0.29, 0.717) is 17.5 Å². The second kappa shape index (κ2) is 12.3. The quantitative estimate of drug-likeness (QED) is 0.176. The molecular formula is C51H30N4O2. The lowest BCUT2D eigenvalue weighted by molar-refractivity contribution is 0.476. The van der Waals surface area contributed by atoms with Gasteiger partial charge in [0.15, 0.2) is 29.0 Å². The Morgan fingerprint density at radius 2 is 1.05 bits per heavy atom. The number of aromatic nitrogens is 4. The maximum atomic E-state index is 6.63. The van der Waals surface area contributed by atoms with Crippen LogP contribution in [0.4, 0.5) is 0 Å². The third-order valence-corrected chi connectivity index (χ3v) is 11.0. The molecule has 4 heterocycles. The van der Waals surface area contributed by atoms with Gasteiger partial charge in [-0.3, -0.25) is 0 Å². The number of benzene rings is 8. The van der Waals surface area contributed by atoms with E-state index in [1.165, 1.54) is 5.39 Å². The van der Waals surface area contributed by atoms with Crippen molar-refractivity contribution in [2.75, 3.05) is 0 Å². The Morgan fingerprint density at radius 1 is 0.386 bits per heavy atom. The van der Waals surface area contributed by atoms with Crippen LogP contribution in [-0.2, 0) is 0 Å². The molecule has 57 heavy (non-hydrogen) atoms. The molecule has 1 aliphatic rings. The van der Waals surface area contributed by atoms with Crippen LogP contribution in [0, 0.1) is 0 Å². The highest BCUT2D eigenvalue weighted by Crippen LogP contribution is 2.48. The van der Waals surface area contributed by atoms with Crippen molar-refractivity contribution >= 4 is 43.7 Å². The number of furan rings is 1. The molecule has 6 nitrogen and oxygen atoms in total. The lowest BCUT2D eigenvalue weighted by Gasteiger charge is -2.21. The topological polar surface area (TPSA) is 66.0 Å². The van der Waals surface area contributed by atoms with Crippen molar-refractivity contribution in [3.05, 3.63) is 182 Å². The van der Waals surface area contributed by atoms with E-state index < -0.39 is 0 Å². The van der Waals surface area contributed by atoms with E-state index in [4.69, 9.17) is 24.1 Å². The van der Waals surface area contributed by atoms with Crippen LogP contribution in [0.2, 0.25) is 0 Å². The molecule has 3 aromatic heterocycles. The highest BCUT2D eigenvalue weighted by molar-refractivity contribution is 6.15. The first kappa shape index (κ1) is 31.5. The third kappa shape index (κ3) is 5.01. The first-order valence-corrected chi connectivity index (χ1v) is 19.0. The van der Waals surface area contributed by atoms with Gasteiger partial charge in [0.1, 0.15) is 11.2 Å². The zero-order chi connectivity index (χ0) is 37.5. The first-order chi connectivity index (χ1) is 28.2. The smallest absolute Gasteiger partial charge is 0.164 e. The van der Waals surface area contributed by atoms with Crippen LogP contribution in [-0.4, -0.2) is 19.5 Å². The number of hydrogen-bond donors (Lipinski definition) is 0. The minimum atomic E-state index is 0.577. The zero-order valence-corrected chi connectivity index (χ0v) is 30.4. The van der Waals surface area contributed by atoms with Gasteiger partial charge in [-0.05, 0) is 76.9 Å². The molecule has 0 fully saturated rings. The first-order valence-electron chi connectivity index (χ1n) is 19.0. The molecule has 0 bridgehead atoms. The Morgan fingerprint density at radius 3 is 1.93 bits per heavy atom. The van der Waals surface area contributed by atoms with E-state index in [1.54, 1.807) is 0 Å². The number of para-hydroxylation sites is 3. The van der Waals surface area contributed by atoms with Crippen molar-refractivity contribution < 1.29 is 9.15 Å². The van der Waals surface area contributed by atoms with Crippen LogP contribution in [0.1, 0.15) is 0 Å². The second-order valence-electron chi connectivity index (χ2n) is 14.4. The van der Waals surface area contributed by atoms with Crippen molar-refractivity contribution in [2.24, 2.45) is 0 Å². The minimum absolute atomic E-state index is 0.577. The van der Waals surface area contributed by atoms with Crippen molar-refractivity contribution in [3.63, 3.8) is 0 Å². The highest BCUT2D eigenvalue weighted by atomic mass is 16.5. The van der Waals surface area contributed by atoms with E-state index >= 15 is 0 Å². The second-order valence-corrected chi connectivity index (χ2v) is 14.4. The van der Waals surface area contributed by atoms with E-state index in [0.717, 1.165) is 94.5 Å². The average molecular weight is 731 g/mol. The van der Waals surface area contributed by atoms with E-state index in [-0.39, 0.29) is 0 Å². The van der Waals surface area contributed by atoms with Crippen LogP contribution in [0.5, 0.6) is 11.5 Å².